The Bertz CT molecular complexity index is 698. The van der Waals surface area contributed by atoms with Gasteiger partial charge in [-0.15, -0.1) is 0 Å². The molecular weight excluding hydrogens is 290 g/mol. The van der Waals surface area contributed by atoms with Gasteiger partial charge in [-0.1, -0.05) is 13.8 Å². The lowest BCUT2D eigenvalue weighted by Gasteiger charge is -2.36. The fraction of sp³-hybridized carbons (Fsp3) is 0.588. The van der Waals surface area contributed by atoms with E-state index in [-0.39, 0.29) is 5.91 Å². The maximum absolute atomic E-state index is 12.8. The van der Waals surface area contributed by atoms with Crippen molar-refractivity contribution in [3.8, 4) is 0 Å². The first kappa shape index (κ1) is 15.9. The largest absolute Gasteiger partial charge is 0.335 e. The number of carbonyl (C=O) groups is 1. The Balaban J connectivity index is 1.84. The third-order valence-electron chi connectivity index (χ3n) is 4.11. The molecule has 3 rings (SSSR count). The predicted molar refractivity (Wildman–Crippen MR) is 90.3 cm³/mol. The zero-order chi connectivity index (χ0) is 16.6. The van der Waals surface area contributed by atoms with E-state index >= 15 is 0 Å². The van der Waals surface area contributed by atoms with Crippen LogP contribution >= 0.6 is 0 Å². The van der Waals surface area contributed by atoms with Crippen molar-refractivity contribution in [1.29, 1.82) is 0 Å². The summed E-state index contributed by atoms with van der Waals surface area (Å²) in [5, 5.41) is 8.76. The van der Waals surface area contributed by atoms with Crippen LogP contribution in [0.4, 0.5) is 0 Å². The molecule has 124 valence electrons. The van der Waals surface area contributed by atoms with Crippen LogP contribution in [0.1, 0.15) is 38.1 Å². The summed E-state index contributed by atoms with van der Waals surface area (Å²) in [5.74, 6) is 0.557. The first-order chi connectivity index (χ1) is 10.9. The second kappa shape index (κ2) is 6.28. The smallest absolute Gasteiger partial charge is 0.255 e. The fourth-order valence-electron chi connectivity index (χ4n) is 3.24. The van der Waals surface area contributed by atoms with Gasteiger partial charge in [0, 0.05) is 43.3 Å². The summed E-state index contributed by atoms with van der Waals surface area (Å²) in [7, 11) is 0. The van der Waals surface area contributed by atoms with Gasteiger partial charge in [-0.3, -0.25) is 4.79 Å². The third-order valence-corrected chi connectivity index (χ3v) is 4.11. The molecule has 2 atom stereocenters. The van der Waals surface area contributed by atoms with E-state index in [0.29, 0.717) is 23.6 Å². The summed E-state index contributed by atoms with van der Waals surface area (Å²) in [6, 6.07) is 2.53. The second-order valence-corrected chi connectivity index (χ2v) is 7.04. The SMILES string of the molecule is CC(C)Cn1ncc2cc(C(=O)N3C[C@@H](C)N[C@@H](C)C3)cnc21. The second-order valence-electron chi connectivity index (χ2n) is 7.04. The summed E-state index contributed by atoms with van der Waals surface area (Å²) >= 11 is 0. The Kier molecular flexibility index (Phi) is 4.35. The Labute approximate surface area is 136 Å². The van der Waals surface area contributed by atoms with Gasteiger partial charge in [-0.25, -0.2) is 9.67 Å². The fourth-order valence-corrected chi connectivity index (χ4v) is 3.24. The van der Waals surface area contributed by atoms with Gasteiger partial charge < -0.3 is 10.2 Å². The molecule has 0 aliphatic carbocycles. The van der Waals surface area contributed by atoms with Gasteiger partial charge in [0.05, 0.1) is 11.8 Å². The summed E-state index contributed by atoms with van der Waals surface area (Å²) < 4.78 is 1.91. The van der Waals surface area contributed by atoms with E-state index in [4.69, 9.17) is 0 Å². The number of rotatable bonds is 3. The number of piperazine rings is 1. The lowest BCUT2D eigenvalue weighted by atomic mass is 10.1. The number of nitrogens with one attached hydrogen (secondary N) is 1. The average molecular weight is 315 g/mol. The third kappa shape index (κ3) is 3.37. The summed E-state index contributed by atoms with van der Waals surface area (Å²) in [4.78, 5) is 19.1. The van der Waals surface area contributed by atoms with Gasteiger partial charge in [-0.05, 0) is 25.8 Å². The number of pyridine rings is 1. The van der Waals surface area contributed by atoms with E-state index in [9.17, 15) is 4.79 Å². The van der Waals surface area contributed by atoms with Gasteiger partial charge in [0.1, 0.15) is 0 Å². The molecule has 0 bridgehead atoms. The van der Waals surface area contributed by atoms with E-state index in [1.54, 1.807) is 12.4 Å². The van der Waals surface area contributed by atoms with Crippen LogP contribution in [0.15, 0.2) is 18.5 Å². The van der Waals surface area contributed by atoms with Crippen molar-refractivity contribution in [1.82, 2.24) is 25.0 Å². The number of hydrogen-bond acceptors (Lipinski definition) is 4. The molecule has 3 heterocycles. The number of hydrogen-bond donors (Lipinski definition) is 1. The normalized spacial score (nSPS) is 22.0. The molecule has 0 spiro atoms. The van der Waals surface area contributed by atoms with Crippen molar-refractivity contribution < 1.29 is 4.79 Å². The molecule has 1 fully saturated rings. The van der Waals surface area contributed by atoms with Gasteiger partial charge in [0.2, 0.25) is 0 Å². The number of nitrogens with zero attached hydrogens (tertiary/aromatic N) is 4. The summed E-state index contributed by atoms with van der Waals surface area (Å²) in [6.45, 7) is 10.8. The summed E-state index contributed by atoms with van der Waals surface area (Å²) in [5.41, 5.74) is 1.49. The van der Waals surface area contributed by atoms with E-state index in [2.05, 4.69) is 43.1 Å². The molecule has 0 saturated carbocycles. The van der Waals surface area contributed by atoms with Crippen LogP contribution < -0.4 is 5.32 Å². The monoisotopic (exact) mass is 315 g/mol. The quantitative estimate of drug-likeness (QED) is 0.940. The highest BCUT2D eigenvalue weighted by atomic mass is 16.2. The number of amides is 1. The van der Waals surface area contributed by atoms with Crippen LogP contribution in [-0.4, -0.2) is 50.7 Å². The van der Waals surface area contributed by atoms with Crippen LogP contribution in [0.3, 0.4) is 0 Å². The molecule has 0 unspecified atom stereocenters. The molecule has 23 heavy (non-hydrogen) atoms. The Morgan fingerprint density at radius 1 is 1.30 bits per heavy atom. The first-order valence-corrected chi connectivity index (χ1v) is 8.31. The first-order valence-electron chi connectivity index (χ1n) is 8.31. The van der Waals surface area contributed by atoms with Gasteiger partial charge in [0.15, 0.2) is 5.65 Å². The highest BCUT2D eigenvalue weighted by molar-refractivity contribution is 5.97. The molecule has 2 aromatic heterocycles. The molecule has 0 radical (unpaired) electrons. The number of fused-ring (bicyclic) bond motifs is 1. The molecule has 1 aliphatic heterocycles. The number of carbonyl (C=O) groups excluding carboxylic acids is 1. The standard InChI is InChI=1S/C17H25N5O/c1-11(2)8-22-16-14(7-19-22)5-15(6-18-16)17(23)21-9-12(3)20-13(4)10-21/h5-7,11-13,20H,8-10H2,1-4H3/t12-,13+. The van der Waals surface area contributed by atoms with Crippen LogP contribution in [-0.2, 0) is 6.54 Å². The van der Waals surface area contributed by atoms with Crippen LogP contribution in [0.5, 0.6) is 0 Å². The van der Waals surface area contributed by atoms with E-state index in [0.717, 1.165) is 30.7 Å². The van der Waals surface area contributed by atoms with Crippen molar-refractivity contribution in [3.05, 3.63) is 24.0 Å². The lowest BCUT2D eigenvalue weighted by molar-refractivity contribution is 0.0673. The Morgan fingerprint density at radius 2 is 2.00 bits per heavy atom. The molecule has 6 nitrogen and oxygen atoms in total. The van der Waals surface area contributed by atoms with Crippen molar-refractivity contribution in [2.45, 2.75) is 46.3 Å². The minimum atomic E-state index is 0.0520. The van der Waals surface area contributed by atoms with Crippen molar-refractivity contribution in [3.63, 3.8) is 0 Å². The summed E-state index contributed by atoms with van der Waals surface area (Å²) in [6.07, 6.45) is 3.48. The van der Waals surface area contributed by atoms with Crippen molar-refractivity contribution in [2.75, 3.05) is 13.1 Å². The van der Waals surface area contributed by atoms with Gasteiger partial charge in [0.25, 0.3) is 5.91 Å². The molecule has 1 N–H and O–H groups in total. The molecule has 1 saturated heterocycles. The molecule has 0 aromatic carbocycles. The molecular formula is C17H25N5O. The van der Waals surface area contributed by atoms with E-state index in [1.165, 1.54) is 0 Å². The molecule has 6 heteroatoms. The van der Waals surface area contributed by atoms with Crippen LogP contribution in [0, 0.1) is 5.92 Å². The highest BCUT2D eigenvalue weighted by Crippen LogP contribution is 2.17. The van der Waals surface area contributed by atoms with Crippen LogP contribution in [0.25, 0.3) is 11.0 Å². The maximum atomic E-state index is 12.8. The van der Waals surface area contributed by atoms with E-state index in [1.807, 2.05) is 15.6 Å². The highest BCUT2D eigenvalue weighted by Gasteiger charge is 2.26. The average Bonchev–Trinajstić information content (AvgIpc) is 2.87. The minimum Gasteiger partial charge on any atom is -0.335 e. The van der Waals surface area contributed by atoms with Gasteiger partial charge in [-0.2, -0.15) is 5.10 Å². The molecule has 1 aliphatic rings. The molecule has 1 amide bonds. The lowest BCUT2D eigenvalue weighted by Crippen LogP contribution is -2.55. The van der Waals surface area contributed by atoms with Crippen molar-refractivity contribution in [2.24, 2.45) is 5.92 Å². The zero-order valence-corrected chi connectivity index (χ0v) is 14.3. The number of aromatic nitrogens is 3. The predicted octanol–water partition coefficient (Wildman–Crippen LogP) is 1.91. The van der Waals surface area contributed by atoms with E-state index < -0.39 is 0 Å². The molecule has 2 aromatic rings. The maximum Gasteiger partial charge on any atom is 0.255 e. The van der Waals surface area contributed by atoms with Crippen molar-refractivity contribution >= 4 is 16.9 Å². The topological polar surface area (TPSA) is 63.1 Å². The zero-order valence-electron chi connectivity index (χ0n) is 14.3. The van der Waals surface area contributed by atoms with Gasteiger partial charge >= 0.3 is 0 Å². The Morgan fingerprint density at radius 3 is 2.65 bits per heavy atom. The van der Waals surface area contributed by atoms with Crippen LogP contribution in [0.2, 0.25) is 0 Å². The Hall–Kier alpha value is -1.95. The minimum absolute atomic E-state index is 0.0520.